The van der Waals surface area contributed by atoms with Crippen LogP contribution in [0.4, 0.5) is 21.7 Å². The zero-order valence-corrected chi connectivity index (χ0v) is 14.4. The number of halogens is 1. The molecule has 0 aliphatic heterocycles. The summed E-state index contributed by atoms with van der Waals surface area (Å²) in [5.74, 6) is 0.301. The first-order chi connectivity index (χ1) is 12.6. The maximum absolute atomic E-state index is 13.2. The number of para-hydroxylation sites is 1. The van der Waals surface area contributed by atoms with Crippen LogP contribution in [0.2, 0.25) is 0 Å². The Kier molecular flexibility index (Phi) is 5.53. The highest BCUT2D eigenvalue weighted by Gasteiger charge is 2.07. The summed E-state index contributed by atoms with van der Waals surface area (Å²) < 4.78 is 13.2. The molecule has 0 saturated heterocycles. The molecular weight excluding hydrogens is 331 g/mol. The van der Waals surface area contributed by atoms with Crippen LogP contribution in [0.1, 0.15) is 18.1 Å². The maximum Gasteiger partial charge on any atom is 0.229 e. The van der Waals surface area contributed by atoms with Crippen molar-refractivity contribution >= 4 is 23.2 Å². The van der Waals surface area contributed by atoms with Gasteiger partial charge in [-0.25, -0.2) is 4.39 Å². The molecule has 3 rings (SSSR count). The summed E-state index contributed by atoms with van der Waals surface area (Å²) in [6.45, 7) is 2.09. The number of benzene rings is 2. The number of nitrogens with one attached hydrogen (secondary N) is 2. The number of anilines is 3. The topological polar surface area (TPSA) is 66.9 Å². The van der Waals surface area contributed by atoms with Gasteiger partial charge in [0.25, 0.3) is 0 Å². The molecule has 0 unspecified atom stereocenters. The van der Waals surface area contributed by atoms with Crippen molar-refractivity contribution in [3.05, 3.63) is 77.6 Å². The van der Waals surface area contributed by atoms with Gasteiger partial charge in [0.05, 0.1) is 6.42 Å². The Morgan fingerprint density at radius 2 is 1.77 bits per heavy atom. The van der Waals surface area contributed by atoms with Crippen LogP contribution in [-0.4, -0.2) is 16.1 Å². The average molecular weight is 350 g/mol. The number of rotatable bonds is 6. The van der Waals surface area contributed by atoms with E-state index in [4.69, 9.17) is 0 Å². The van der Waals surface area contributed by atoms with E-state index >= 15 is 0 Å². The second-order valence-electron chi connectivity index (χ2n) is 5.79. The minimum absolute atomic E-state index is 0.0727. The van der Waals surface area contributed by atoms with Crippen molar-refractivity contribution in [2.45, 2.75) is 19.8 Å². The van der Waals surface area contributed by atoms with Gasteiger partial charge >= 0.3 is 0 Å². The maximum atomic E-state index is 13.2. The van der Waals surface area contributed by atoms with Crippen molar-refractivity contribution in [2.75, 3.05) is 10.6 Å². The van der Waals surface area contributed by atoms with Gasteiger partial charge in [-0.05, 0) is 47.9 Å². The van der Waals surface area contributed by atoms with Gasteiger partial charge in [-0.1, -0.05) is 37.3 Å². The fourth-order valence-corrected chi connectivity index (χ4v) is 2.57. The Hall–Kier alpha value is -3.28. The number of amides is 1. The molecular formula is C20H19FN4O. The molecule has 0 aliphatic carbocycles. The van der Waals surface area contributed by atoms with E-state index in [1.165, 1.54) is 17.7 Å². The number of hydrogen-bond donors (Lipinski definition) is 2. The first-order valence-corrected chi connectivity index (χ1v) is 8.37. The fraction of sp³-hybridized carbons (Fsp3) is 0.150. The molecule has 1 heterocycles. The van der Waals surface area contributed by atoms with Crippen molar-refractivity contribution in [3.8, 4) is 0 Å². The van der Waals surface area contributed by atoms with E-state index in [0.717, 1.165) is 12.1 Å². The minimum atomic E-state index is -0.363. The highest BCUT2D eigenvalue weighted by Crippen LogP contribution is 2.20. The van der Waals surface area contributed by atoms with Gasteiger partial charge in [0.15, 0.2) is 11.6 Å². The Morgan fingerprint density at radius 1 is 1.00 bits per heavy atom. The third-order valence-corrected chi connectivity index (χ3v) is 3.85. The van der Waals surface area contributed by atoms with Gasteiger partial charge in [0.1, 0.15) is 5.82 Å². The molecule has 2 aromatic carbocycles. The van der Waals surface area contributed by atoms with Crippen LogP contribution >= 0.6 is 0 Å². The van der Waals surface area contributed by atoms with Crippen molar-refractivity contribution in [1.82, 2.24) is 10.2 Å². The molecule has 26 heavy (non-hydrogen) atoms. The van der Waals surface area contributed by atoms with E-state index in [0.29, 0.717) is 17.2 Å². The molecule has 0 fully saturated rings. The molecule has 0 bridgehead atoms. The summed E-state index contributed by atoms with van der Waals surface area (Å²) in [5.41, 5.74) is 2.76. The monoisotopic (exact) mass is 350 g/mol. The van der Waals surface area contributed by atoms with Crippen LogP contribution in [0.3, 0.4) is 0 Å². The Morgan fingerprint density at radius 3 is 2.50 bits per heavy atom. The molecule has 1 aromatic heterocycles. The summed E-state index contributed by atoms with van der Waals surface area (Å²) in [6.07, 6.45) is 0.980. The first kappa shape index (κ1) is 17.5. The van der Waals surface area contributed by atoms with Crippen molar-refractivity contribution in [2.24, 2.45) is 0 Å². The normalized spacial score (nSPS) is 10.4. The van der Waals surface area contributed by atoms with E-state index in [9.17, 15) is 9.18 Å². The lowest BCUT2D eigenvalue weighted by Gasteiger charge is -2.10. The third kappa shape index (κ3) is 4.63. The Labute approximate surface area is 151 Å². The number of aryl methyl sites for hydroxylation is 1. The molecule has 0 aliphatic rings. The quantitative estimate of drug-likeness (QED) is 0.702. The van der Waals surface area contributed by atoms with Crippen LogP contribution in [-0.2, 0) is 17.6 Å². The van der Waals surface area contributed by atoms with E-state index in [1.54, 1.807) is 24.3 Å². The van der Waals surface area contributed by atoms with Crippen molar-refractivity contribution in [3.63, 3.8) is 0 Å². The first-order valence-electron chi connectivity index (χ1n) is 8.37. The van der Waals surface area contributed by atoms with Crippen molar-refractivity contribution < 1.29 is 9.18 Å². The van der Waals surface area contributed by atoms with Gasteiger partial charge in [-0.2, -0.15) is 0 Å². The second-order valence-corrected chi connectivity index (χ2v) is 5.79. The van der Waals surface area contributed by atoms with Gasteiger partial charge in [0.2, 0.25) is 5.91 Å². The largest absolute Gasteiger partial charge is 0.339 e. The SMILES string of the molecule is CCc1ccccc1Nc1ccc(NC(=O)Cc2cccc(F)c2)nn1. The van der Waals surface area contributed by atoms with Gasteiger partial charge in [0, 0.05) is 5.69 Å². The summed E-state index contributed by atoms with van der Waals surface area (Å²) in [4.78, 5) is 12.0. The molecule has 6 heteroatoms. The second kappa shape index (κ2) is 8.20. The molecule has 3 aromatic rings. The zero-order chi connectivity index (χ0) is 18.4. The summed E-state index contributed by atoms with van der Waals surface area (Å²) in [5, 5.41) is 14.0. The van der Waals surface area contributed by atoms with Crippen LogP contribution in [0.25, 0.3) is 0 Å². The predicted molar refractivity (Wildman–Crippen MR) is 99.9 cm³/mol. The summed E-state index contributed by atoms with van der Waals surface area (Å²) in [6, 6.07) is 17.4. The highest BCUT2D eigenvalue weighted by molar-refractivity contribution is 5.91. The highest BCUT2D eigenvalue weighted by atomic mass is 19.1. The molecule has 1 amide bonds. The number of aromatic nitrogens is 2. The standard InChI is InChI=1S/C20H19FN4O/c1-2-15-7-3-4-9-17(15)22-18-10-11-19(25-24-18)23-20(26)13-14-6-5-8-16(21)12-14/h3-12H,2,13H2,1H3,(H,22,24)(H,23,25,26). The van der Waals surface area contributed by atoms with E-state index in [-0.39, 0.29) is 18.1 Å². The molecule has 2 N–H and O–H groups in total. The molecule has 5 nitrogen and oxygen atoms in total. The molecule has 0 atom stereocenters. The summed E-state index contributed by atoms with van der Waals surface area (Å²) >= 11 is 0. The zero-order valence-electron chi connectivity index (χ0n) is 14.4. The number of carbonyl (C=O) groups is 1. The van der Waals surface area contributed by atoms with Gasteiger partial charge in [-0.3, -0.25) is 4.79 Å². The van der Waals surface area contributed by atoms with Crippen LogP contribution < -0.4 is 10.6 Å². The van der Waals surface area contributed by atoms with Gasteiger partial charge < -0.3 is 10.6 Å². The summed E-state index contributed by atoms with van der Waals surface area (Å²) in [7, 11) is 0. The van der Waals surface area contributed by atoms with Crippen molar-refractivity contribution in [1.29, 1.82) is 0 Å². The van der Waals surface area contributed by atoms with Gasteiger partial charge in [-0.15, -0.1) is 10.2 Å². The third-order valence-electron chi connectivity index (χ3n) is 3.85. The van der Waals surface area contributed by atoms with Crippen LogP contribution in [0, 0.1) is 5.82 Å². The Balaban J connectivity index is 1.61. The molecule has 0 saturated carbocycles. The average Bonchev–Trinajstić information content (AvgIpc) is 2.64. The smallest absolute Gasteiger partial charge is 0.229 e. The lowest BCUT2D eigenvalue weighted by atomic mass is 10.1. The fourth-order valence-electron chi connectivity index (χ4n) is 2.57. The number of hydrogen-bond acceptors (Lipinski definition) is 4. The Bertz CT molecular complexity index is 896. The number of carbonyl (C=O) groups excluding carboxylic acids is 1. The number of nitrogens with zero attached hydrogens (tertiary/aromatic N) is 2. The van der Waals surface area contributed by atoms with Crippen LogP contribution in [0.5, 0.6) is 0 Å². The molecule has 132 valence electrons. The lowest BCUT2D eigenvalue weighted by molar-refractivity contribution is -0.115. The predicted octanol–water partition coefficient (Wildman–Crippen LogP) is 4.10. The lowest BCUT2D eigenvalue weighted by Crippen LogP contribution is -2.15. The van der Waals surface area contributed by atoms with E-state index in [1.807, 2.05) is 18.2 Å². The minimum Gasteiger partial charge on any atom is -0.339 e. The van der Waals surface area contributed by atoms with E-state index in [2.05, 4.69) is 33.8 Å². The van der Waals surface area contributed by atoms with E-state index < -0.39 is 0 Å². The van der Waals surface area contributed by atoms with Crippen LogP contribution in [0.15, 0.2) is 60.7 Å². The molecule has 0 spiro atoms. The molecule has 0 radical (unpaired) electrons.